The van der Waals surface area contributed by atoms with E-state index in [1.54, 1.807) is 0 Å². The van der Waals surface area contributed by atoms with E-state index in [2.05, 4.69) is 0 Å². The lowest BCUT2D eigenvalue weighted by Gasteiger charge is -1.46. The van der Waals surface area contributed by atoms with Gasteiger partial charge in [-0.25, -0.2) is 0 Å². The van der Waals surface area contributed by atoms with Gasteiger partial charge in [-0.3, -0.25) is 0 Å². The van der Waals surface area contributed by atoms with Crippen LogP contribution >= 0.6 is 40.6 Å². The maximum absolute atomic E-state index is 1.92. The molecule has 0 fully saturated rings. The lowest BCUT2D eigenvalue weighted by atomic mass is 29.5. The fraction of sp³-hybridized carbons (Fsp3) is 0. The quantitative estimate of drug-likeness (QED) is 0.454. The van der Waals surface area contributed by atoms with Gasteiger partial charge in [-0.2, -0.15) is 0 Å². The van der Waals surface area contributed by atoms with Crippen molar-refractivity contribution in [1.29, 1.82) is 0 Å². The van der Waals surface area contributed by atoms with Crippen LogP contribution in [0.2, 0.25) is 0 Å². The van der Waals surface area contributed by atoms with Crippen molar-refractivity contribution >= 4 is 40.6 Å². The number of rotatable bonds is 0. The summed E-state index contributed by atoms with van der Waals surface area (Å²) in [4.78, 5) is 0. The van der Waals surface area contributed by atoms with E-state index >= 15 is 0 Å². The molecule has 0 unspecified atom stereocenters. The Morgan fingerprint density at radius 2 is 1.33 bits per heavy atom. The standard InChI is InChI=1S/P6/c1-2-4-5-3(1)6(4)5. The largest absolute Gasteiger partial charge is 0 e. The maximum Gasteiger partial charge on any atom is 0 e. The minimum absolute atomic E-state index is 0.880. The van der Waals surface area contributed by atoms with E-state index in [-0.39, 0.29) is 0 Å². The molecule has 2 bridgehead atoms. The van der Waals surface area contributed by atoms with E-state index in [0.29, 0.717) is 0 Å². The smallest absolute Gasteiger partial charge is 0 e. The first-order valence-electron chi connectivity index (χ1n) is 1.60. The first-order chi connectivity index (χ1) is 2.98. The summed E-state index contributed by atoms with van der Waals surface area (Å²) in [5.74, 6) is 0. The van der Waals surface area contributed by atoms with Crippen LogP contribution in [0.1, 0.15) is 0 Å². The molecule has 0 aliphatic rings. The van der Waals surface area contributed by atoms with E-state index in [1.165, 1.54) is 0 Å². The molecule has 0 atom stereocenters. The van der Waals surface area contributed by atoms with Gasteiger partial charge in [0.1, 0.15) is 0 Å². The van der Waals surface area contributed by atoms with E-state index < -0.39 is 0 Å². The zero-order valence-corrected chi connectivity index (χ0v) is 8.05. The Morgan fingerprint density at radius 3 is 1.50 bits per heavy atom. The molecule has 4 aromatic heterocycles. The molecule has 6 heteroatoms. The second-order valence-electron chi connectivity index (χ2n) is 1.25. The summed E-state index contributed by atoms with van der Waals surface area (Å²) in [6.07, 6.45) is 3.67. The van der Waals surface area contributed by atoms with Crippen LogP contribution in [0.4, 0.5) is 0 Å². The summed E-state index contributed by atoms with van der Waals surface area (Å²) in [7, 11) is 3.85. The topological polar surface area (TPSA) is 0 Å². The first kappa shape index (κ1) is 3.76. The Balaban J connectivity index is 3.32. The Bertz CT molecular complexity index is 238. The highest BCUT2D eigenvalue weighted by atomic mass is 33.3. The lowest BCUT2D eigenvalue weighted by molar-refractivity contribution is 5.46. The predicted octanol–water partition coefficient (Wildman–Crippen LogP) is 5.17. The minimum Gasteiger partial charge on any atom is 0 e. The molecule has 0 spiro atoms. The van der Waals surface area contributed by atoms with Crippen molar-refractivity contribution in [3.05, 3.63) is 0 Å². The summed E-state index contributed by atoms with van der Waals surface area (Å²) in [6.45, 7) is 0. The van der Waals surface area contributed by atoms with Gasteiger partial charge in [0.25, 0.3) is 0 Å². The molecule has 30 valence electrons. The molecular weight excluding hydrogens is 186 g/mol. The molecular formula is P6. The van der Waals surface area contributed by atoms with Gasteiger partial charge in [-0.15, -0.1) is 0 Å². The lowest BCUT2D eigenvalue weighted by Crippen LogP contribution is -0.601. The van der Waals surface area contributed by atoms with Gasteiger partial charge in [0, 0.05) is 40.6 Å². The summed E-state index contributed by atoms with van der Waals surface area (Å²) in [6, 6.07) is 0. The summed E-state index contributed by atoms with van der Waals surface area (Å²) in [5, 5.41) is 0. The van der Waals surface area contributed by atoms with E-state index in [0.717, 1.165) is 25.5 Å². The van der Waals surface area contributed by atoms with Crippen molar-refractivity contribution in [2.45, 2.75) is 0 Å². The van der Waals surface area contributed by atoms with Crippen molar-refractivity contribution in [3.8, 4) is 0 Å². The van der Waals surface area contributed by atoms with Gasteiger partial charge in [0.05, 0.1) is 0 Å². The van der Waals surface area contributed by atoms with Crippen LogP contribution in [0.25, 0.3) is 0 Å². The Kier molecular flexibility index (Phi) is 0.574. The van der Waals surface area contributed by atoms with E-state index in [9.17, 15) is 0 Å². The van der Waals surface area contributed by atoms with E-state index in [1.807, 2.05) is 15.1 Å². The average molecular weight is 186 g/mol. The monoisotopic (exact) mass is 186 g/mol. The molecule has 0 saturated heterocycles. The first-order valence-corrected chi connectivity index (χ1v) is 14.4. The molecule has 0 N–H and O–H groups in total. The molecule has 0 saturated carbocycles. The second-order valence-corrected chi connectivity index (χ2v) is 33.8. The Labute approximate surface area is 41.1 Å². The van der Waals surface area contributed by atoms with Crippen LogP contribution in [-0.2, 0) is 0 Å². The van der Waals surface area contributed by atoms with Gasteiger partial charge in [-0.1, -0.05) is 0 Å². The van der Waals surface area contributed by atoms with Crippen molar-refractivity contribution in [3.63, 3.8) is 0 Å². The van der Waals surface area contributed by atoms with Crippen LogP contribution < -0.4 is 0 Å². The van der Waals surface area contributed by atoms with Crippen LogP contribution in [0.15, 0.2) is 0 Å². The molecule has 4 heterocycles. The highest BCUT2D eigenvalue weighted by molar-refractivity contribution is 9.20. The minimum atomic E-state index is 0.880. The zero-order chi connectivity index (χ0) is 3.72. The Morgan fingerprint density at radius 1 is 0.833 bits per heavy atom. The zero-order valence-electron chi connectivity index (χ0n) is 2.68. The van der Waals surface area contributed by atoms with Gasteiger partial charge in [-0.05, 0) is 0 Å². The molecule has 0 aliphatic heterocycles. The molecule has 4 aromatic rings. The molecule has 0 amide bonds. The van der Waals surface area contributed by atoms with Crippen molar-refractivity contribution in [1.82, 2.24) is 0 Å². The van der Waals surface area contributed by atoms with Crippen molar-refractivity contribution in [2.24, 2.45) is 0 Å². The Hall–Kier alpha value is 1.80. The van der Waals surface area contributed by atoms with Gasteiger partial charge in [0.2, 0.25) is 0 Å². The predicted molar refractivity (Wildman–Crippen MR) is 41.5 cm³/mol. The van der Waals surface area contributed by atoms with Crippen LogP contribution in [0.5, 0.6) is 0 Å². The molecule has 0 aromatic carbocycles. The van der Waals surface area contributed by atoms with Gasteiger partial charge in [0.15, 0.2) is 0 Å². The van der Waals surface area contributed by atoms with Crippen LogP contribution in [-0.4, -0.2) is 0 Å². The number of hydrogen-bond acceptors (Lipinski definition) is 0. The third-order valence-electron chi connectivity index (χ3n) is 0.939. The number of hydrogen-bond donors (Lipinski definition) is 0. The molecule has 0 nitrogen and oxygen atoms in total. The fourth-order valence-electron chi connectivity index (χ4n) is 0.541. The summed E-state index contributed by atoms with van der Waals surface area (Å²) >= 11 is 0. The summed E-state index contributed by atoms with van der Waals surface area (Å²) in [5.41, 5.74) is 0. The maximum atomic E-state index is 1.92. The summed E-state index contributed by atoms with van der Waals surface area (Å²) < 4.78 is 0. The van der Waals surface area contributed by atoms with Gasteiger partial charge >= 0.3 is 0 Å². The second kappa shape index (κ2) is 0.916. The van der Waals surface area contributed by atoms with Crippen LogP contribution in [0, 0.1) is 0 Å². The number of fused-ring (bicyclic) bond motifs is 1. The fourth-order valence-corrected chi connectivity index (χ4v) is 125. The normalized spacial score (nSPS) is 29.3. The molecule has 0 radical (unpaired) electrons. The van der Waals surface area contributed by atoms with Crippen molar-refractivity contribution < 1.29 is 0 Å². The van der Waals surface area contributed by atoms with Crippen molar-refractivity contribution in [2.75, 3.05) is 0 Å². The van der Waals surface area contributed by atoms with E-state index in [4.69, 9.17) is 0 Å². The third-order valence-corrected chi connectivity index (χ3v) is 66.4. The molecule has 6 heavy (non-hydrogen) atoms. The van der Waals surface area contributed by atoms with Gasteiger partial charge < -0.3 is 0 Å². The highest BCUT2D eigenvalue weighted by Crippen LogP contribution is 3.14. The van der Waals surface area contributed by atoms with Crippen LogP contribution in [0.3, 0.4) is 0 Å². The third kappa shape index (κ3) is 0.257. The highest BCUT2D eigenvalue weighted by Gasteiger charge is 2.28. The molecule has 4 rings (SSSR count). The molecule has 0 aliphatic carbocycles. The SMILES string of the molecule is p1pp2p3p1p23. The average Bonchev–Trinajstić information content (AvgIpc) is 2.30.